The Kier molecular flexibility index (Phi) is 4.72. The zero-order valence-electron chi connectivity index (χ0n) is 11.9. The number of unbranched alkanes of at least 4 members (excludes halogenated alkanes) is 1. The summed E-state index contributed by atoms with van der Waals surface area (Å²) in [5, 5.41) is 0.0724. The Morgan fingerprint density at radius 1 is 1.48 bits per heavy atom. The molecule has 1 amide bonds. The second-order valence-electron chi connectivity index (χ2n) is 5.19. The second kappa shape index (κ2) is 6.18. The van der Waals surface area contributed by atoms with Crippen molar-refractivity contribution in [3.05, 3.63) is 0 Å². The van der Waals surface area contributed by atoms with Gasteiger partial charge in [-0.05, 0) is 30.8 Å². The Morgan fingerprint density at radius 3 is 2.67 bits per heavy atom. The molecule has 1 fully saturated rings. The summed E-state index contributed by atoms with van der Waals surface area (Å²) in [7, 11) is -3.46. The molecule has 0 saturated heterocycles. The molecule has 2 rings (SSSR count). The number of rotatable bonds is 8. The number of hydrogen-bond acceptors (Lipinski definition) is 7. The maximum absolute atomic E-state index is 12.5. The van der Waals surface area contributed by atoms with Crippen LogP contribution in [0.2, 0.25) is 0 Å². The second-order valence-corrected chi connectivity index (χ2v) is 8.10. The lowest BCUT2D eigenvalue weighted by molar-refractivity contribution is -0.116. The number of anilines is 2. The molecule has 4 N–H and O–H groups in total. The van der Waals surface area contributed by atoms with Gasteiger partial charge in [0.25, 0.3) is 0 Å². The van der Waals surface area contributed by atoms with Gasteiger partial charge in [0.05, 0.1) is 11.8 Å². The molecule has 9 heteroatoms. The highest BCUT2D eigenvalue weighted by Gasteiger charge is 2.41. The van der Waals surface area contributed by atoms with Crippen LogP contribution in [0.3, 0.4) is 0 Å². The quantitative estimate of drug-likeness (QED) is 0.725. The minimum absolute atomic E-state index is 0.0212. The van der Waals surface area contributed by atoms with Gasteiger partial charge in [0.2, 0.25) is 5.91 Å². The van der Waals surface area contributed by atoms with Crippen LogP contribution in [0.1, 0.15) is 32.6 Å². The number of nitrogens with two attached hydrogens (primary N) is 2. The summed E-state index contributed by atoms with van der Waals surface area (Å²) in [6, 6.07) is 0. The zero-order valence-corrected chi connectivity index (χ0v) is 13.5. The van der Waals surface area contributed by atoms with Crippen LogP contribution >= 0.6 is 11.5 Å². The Balaban J connectivity index is 2.38. The fourth-order valence-corrected chi connectivity index (χ4v) is 5.14. The molecule has 0 atom stereocenters. The van der Waals surface area contributed by atoms with E-state index in [1.54, 1.807) is 4.90 Å². The molecule has 0 unspecified atom stereocenters. The lowest BCUT2D eigenvalue weighted by Crippen LogP contribution is -2.35. The van der Waals surface area contributed by atoms with E-state index in [0.717, 1.165) is 24.4 Å². The number of nitrogens with zero attached hydrogens (tertiary/aromatic N) is 2. The maximum Gasteiger partial charge on any atom is 0.236 e. The van der Waals surface area contributed by atoms with Gasteiger partial charge in [0.1, 0.15) is 9.90 Å². The van der Waals surface area contributed by atoms with Gasteiger partial charge in [0.15, 0.2) is 15.7 Å². The van der Waals surface area contributed by atoms with Crippen molar-refractivity contribution in [2.24, 2.45) is 5.73 Å². The van der Waals surface area contributed by atoms with Gasteiger partial charge in [-0.2, -0.15) is 4.37 Å². The van der Waals surface area contributed by atoms with Gasteiger partial charge in [-0.1, -0.05) is 13.3 Å². The highest BCUT2D eigenvalue weighted by molar-refractivity contribution is 7.92. The van der Waals surface area contributed by atoms with Crippen molar-refractivity contribution >= 4 is 38.1 Å². The number of sulfone groups is 1. The monoisotopic (exact) mass is 332 g/mol. The van der Waals surface area contributed by atoms with Crippen molar-refractivity contribution in [2.75, 3.05) is 23.7 Å². The van der Waals surface area contributed by atoms with Crippen LogP contribution in [-0.2, 0) is 14.6 Å². The summed E-state index contributed by atoms with van der Waals surface area (Å²) in [6.45, 7) is 2.54. The third kappa shape index (κ3) is 3.46. The molecule has 1 aromatic heterocycles. The molecule has 118 valence electrons. The molecule has 1 saturated carbocycles. The maximum atomic E-state index is 12.5. The standard InChI is InChI=1S/C12H20N4O3S2/c1-2-3-6-16(7-9(13)17)12-10(11(14)15-20-12)21(18,19)8-4-5-8/h8H,2-7H2,1H3,(H2,13,17)(H2,14,15). The topological polar surface area (TPSA) is 119 Å². The van der Waals surface area contributed by atoms with Crippen LogP contribution in [0.5, 0.6) is 0 Å². The van der Waals surface area contributed by atoms with Gasteiger partial charge in [0, 0.05) is 6.54 Å². The number of amides is 1. The lowest BCUT2D eigenvalue weighted by Gasteiger charge is -2.22. The van der Waals surface area contributed by atoms with Crippen molar-refractivity contribution < 1.29 is 13.2 Å². The largest absolute Gasteiger partial charge is 0.382 e. The number of nitrogen functional groups attached to an aromatic ring is 1. The fourth-order valence-electron chi connectivity index (χ4n) is 2.09. The number of aromatic nitrogens is 1. The number of primary amides is 1. The third-order valence-corrected chi connectivity index (χ3v) is 6.69. The number of carbonyl (C=O) groups is 1. The molecule has 1 aliphatic carbocycles. The van der Waals surface area contributed by atoms with Crippen LogP contribution in [0, 0.1) is 0 Å². The Hall–Kier alpha value is -1.35. The lowest BCUT2D eigenvalue weighted by atomic mass is 10.3. The van der Waals surface area contributed by atoms with Crippen molar-refractivity contribution in [3.8, 4) is 0 Å². The summed E-state index contributed by atoms with van der Waals surface area (Å²) >= 11 is 1.01. The Morgan fingerprint density at radius 2 is 2.14 bits per heavy atom. The predicted molar refractivity (Wildman–Crippen MR) is 83.0 cm³/mol. The minimum atomic E-state index is -3.46. The molecule has 21 heavy (non-hydrogen) atoms. The average Bonchev–Trinajstić information content (AvgIpc) is 3.18. The predicted octanol–water partition coefficient (Wildman–Crippen LogP) is 0.753. The molecule has 1 aliphatic rings. The van der Waals surface area contributed by atoms with Crippen LogP contribution in [0.25, 0.3) is 0 Å². The van der Waals surface area contributed by atoms with E-state index in [9.17, 15) is 13.2 Å². The highest BCUT2D eigenvalue weighted by Crippen LogP contribution is 2.42. The van der Waals surface area contributed by atoms with Gasteiger partial charge in [-0.3, -0.25) is 4.79 Å². The molecule has 1 aromatic rings. The van der Waals surface area contributed by atoms with E-state index in [1.807, 2.05) is 6.92 Å². The number of carbonyl (C=O) groups excluding carboxylic acids is 1. The van der Waals surface area contributed by atoms with Gasteiger partial charge in [-0.15, -0.1) is 0 Å². The molecule has 7 nitrogen and oxygen atoms in total. The van der Waals surface area contributed by atoms with Gasteiger partial charge >= 0.3 is 0 Å². The molecule has 1 heterocycles. The summed E-state index contributed by atoms with van der Waals surface area (Å²) in [5.74, 6) is -0.485. The van der Waals surface area contributed by atoms with Crippen molar-refractivity contribution in [2.45, 2.75) is 42.8 Å². The first-order valence-corrected chi connectivity index (χ1v) is 9.22. The van der Waals surface area contributed by atoms with E-state index >= 15 is 0 Å². The van der Waals surface area contributed by atoms with E-state index < -0.39 is 15.7 Å². The minimum Gasteiger partial charge on any atom is -0.382 e. The summed E-state index contributed by atoms with van der Waals surface area (Å²) in [5.41, 5.74) is 11.0. The normalized spacial score (nSPS) is 15.1. The summed E-state index contributed by atoms with van der Waals surface area (Å²) in [4.78, 5) is 13.0. The SMILES string of the molecule is CCCCN(CC(N)=O)c1snc(N)c1S(=O)(=O)C1CC1. The van der Waals surface area contributed by atoms with Gasteiger partial charge < -0.3 is 16.4 Å². The number of hydrogen-bond donors (Lipinski definition) is 2. The first-order chi connectivity index (χ1) is 9.87. The van der Waals surface area contributed by atoms with Crippen LogP contribution < -0.4 is 16.4 Å². The van der Waals surface area contributed by atoms with E-state index in [-0.39, 0.29) is 22.5 Å². The molecule has 0 spiro atoms. The Labute approximate surface area is 128 Å². The van der Waals surface area contributed by atoms with Crippen molar-refractivity contribution in [1.29, 1.82) is 0 Å². The fraction of sp³-hybridized carbons (Fsp3) is 0.667. The molecular formula is C12H20N4O3S2. The van der Waals surface area contributed by atoms with E-state index in [2.05, 4.69) is 4.37 Å². The third-order valence-electron chi connectivity index (χ3n) is 3.32. The van der Waals surface area contributed by atoms with Crippen molar-refractivity contribution in [1.82, 2.24) is 4.37 Å². The summed E-state index contributed by atoms with van der Waals surface area (Å²) in [6.07, 6.45) is 3.06. The molecule has 0 aliphatic heterocycles. The van der Waals surface area contributed by atoms with E-state index in [0.29, 0.717) is 24.4 Å². The zero-order chi connectivity index (χ0) is 15.6. The van der Waals surface area contributed by atoms with Crippen LogP contribution in [0.4, 0.5) is 10.8 Å². The molecular weight excluding hydrogens is 312 g/mol. The molecule has 0 bridgehead atoms. The van der Waals surface area contributed by atoms with Crippen molar-refractivity contribution in [3.63, 3.8) is 0 Å². The first kappa shape index (κ1) is 16.0. The average molecular weight is 332 g/mol. The van der Waals surface area contributed by atoms with Gasteiger partial charge in [-0.25, -0.2) is 8.42 Å². The highest BCUT2D eigenvalue weighted by atomic mass is 32.2. The molecule has 0 radical (unpaired) electrons. The molecule has 0 aromatic carbocycles. The smallest absolute Gasteiger partial charge is 0.236 e. The first-order valence-electron chi connectivity index (χ1n) is 6.90. The van der Waals surface area contributed by atoms with E-state index in [4.69, 9.17) is 11.5 Å². The van der Waals surface area contributed by atoms with Crippen LogP contribution in [0.15, 0.2) is 4.90 Å². The van der Waals surface area contributed by atoms with Crippen LogP contribution in [-0.4, -0.2) is 37.0 Å². The summed E-state index contributed by atoms with van der Waals surface area (Å²) < 4.78 is 29.0. The van der Waals surface area contributed by atoms with E-state index in [1.165, 1.54) is 0 Å². The Bertz CT molecular complexity index is 622.